The quantitative estimate of drug-likeness (QED) is 0.275. The lowest BCUT2D eigenvalue weighted by Crippen LogP contribution is -2.08. The molecule has 0 aliphatic rings. The van der Waals surface area contributed by atoms with Crippen molar-refractivity contribution in [1.82, 2.24) is 0 Å². The Hall–Kier alpha value is -0.900. The maximum absolute atomic E-state index is 8.36. The summed E-state index contributed by atoms with van der Waals surface area (Å²) in [5, 5.41) is 11.6. The molecule has 0 saturated carbocycles. The number of aliphatic imine (C=N–C) groups is 1. The molecule has 0 aliphatic heterocycles. The molecule has 0 aromatic carbocycles. The molecule has 0 heterocycles. The van der Waals surface area contributed by atoms with Gasteiger partial charge in [0.05, 0.1) is 6.61 Å². The summed E-state index contributed by atoms with van der Waals surface area (Å²) in [4.78, 5) is 3.58. The second-order valence-electron chi connectivity index (χ2n) is 1.17. The summed E-state index contributed by atoms with van der Waals surface area (Å²) in [5.74, 6) is 4.81. The van der Waals surface area contributed by atoms with Crippen LogP contribution in [0.15, 0.2) is 10.1 Å². The molecule has 0 spiro atoms. The maximum Gasteiger partial charge on any atom is 0.103 e. The largest absolute Gasteiger partial charge is 0.390 e. The number of hydrogen-bond acceptors (Lipinski definition) is 4. The Morgan fingerprint density at radius 3 is 2.62 bits per heavy atom. The first kappa shape index (κ1) is 7.10. The molecule has 0 fully saturated rings. The van der Waals surface area contributed by atoms with Crippen molar-refractivity contribution in [3.8, 4) is 0 Å². The Bertz CT molecular complexity index is 105. The molecule has 46 valence electrons. The van der Waals surface area contributed by atoms with Crippen LogP contribution in [-0.2, 0) is 0 Å². The lowest BCUT2D eigenvalue weighted by Gasteiger charge is -1.86. The first-order valence-corrected chi connectivity index (χ1v) is 2.15. The van der Waals surface area contributed by atoms with Crippen LogP contribution in [0.1, 0.15) is 0 Å². The van der Waals surface area contributed by atoms with Crippen LogP contribution in [0.2, 0.25) is 0 Å². The Morgan fingerprint density at radius 1 is 1.88 bits per heavy atom. The molecule has 4 heteroatoms. The van der Waals surface area contributed by atoms with Crippen LogP contribution < -0.4 is 5.84 Å². The van der Waals surface area contributed by atoms with E-state index in [4.69, 9.17) is 10.9 Å². The average Bonchev–Trinajstić information content (AvgIpc) is 1.83. The fourth-order valence-corrected chi connectivity index (χ4v) is 0.264. The van der Waals surface area contributed by atoms with Crippen molar-refractivity contribution in [2.45, 2.75) is 0 Å². The summed E-state index contributed by atoms with van der Waals surface area (Å²) in [7, 11) is 1.58. The number of nitrogens with two attached hydrogens (primary N) is 1. The van der Waals surface area contributed by atoms with E-state index in [2.05, 4.69) is 10.1 Å². The van der Waals surface area contributed by atoms with E-state index in [1.807, 2.05) is 0 Å². The van der Waals surface area contributed by atoms with E-state index >= 15 is 0 Å². The molecule has 0 bridgehead atoms. The van der Waals surface area contributed by atoms with Crippen LogP contribution in [-0.4, -0.2) is 30.7 Å². The number of nitrogens with zero attached hydrogens (tertiary/aromatic N) is 2. The third-order valence-corrected chi connectivity index (χ3v) is 0.606. The van der Waals surface area contributed by atoms with Gasteiger partial charge in [-0.15, -0.1) is 0 Å². The van der Waals surface area contributed by atoms with Gasteiger partial charge in [-0.05, 0) is 0 Å². The number of aliphatic hydroxyl groups is 1. The molecule has 0 aromatic rings. The van der Waals surface area contributed by atoms with Crippen LogP contribution in [0.25, 0.3) is 0 Å². The third-order valence-electron chi connectivity index (χ3n) is 0.606. The van der Waals surface area contributed by atoms with E-state index in [9.17, 15) is 0 Å². The molecule has 0 radical (unpaired) electrons. The first-order chi connectivity index (χ1) is 3.85. The van der Waals surface area contributed by atoms with Crippen LogP contribution in [0.5, 0.6) is 0 Å². The highest BCUT2D eigenvalue weighted by Crippen LogP contribution is 1.65. The zero-order chi connectivity index (χ0) is 6.41. The lowest BCUT2D eigenvalue weighted by atomic mass is 10.4. The van der Waals surface area contributed by atoms with Gasteiger partial charge in [-0.2, -0.15) is 5.10 Å². The standard InChI is InChI=1S/C4H9N3O/c1-6-2-4(3-8)7-5/h2,8H,3,5H2,1H3/b6-2?,7-4+. The van der Waals surface area contributed by atoms with Crippen molar-refractivity contribution in [3.05, 3.63) is 0 Å². The lowest BCUT2D eigenvalue weighted by molar-refractivity contribution is 0.359. The van der Waals surface area contributed by atoms with Crippen molar-refractivity contribution in [3.63, 3.8) is 0 Å². The van der Waals surface area contributed by atoms with Crippen molar-refractivity contribution in [2.75, 3.05) is 13.7 Å². The summed E-state index contributed by atoms with van der Waals surface area (Å²) in [6.07, 6.45) is 1.40. The SMILES string of the molecule is CN=C/C(CO)=N\N. The molecule has 0 aromatic heterocycles. The zero-order valence-corrected chi connectivity index (χ0v) is 4.70. The molecule has 0 rings (SSSR count). The van der Waals surface area contributed by atoms with Gasteiger partial charge in [0.15, 0.2) is 0 Å². The molecular weight excluding hydrogens is 106 g/mol. The summed E-state index contributed by atoms with van der Waals surface area (Å²) in [5.41, 5.74) is 0.382. The van der Waals surface area contributed by atoms with E-state index in [0.29, 0.717) is 5.71 Å². The molecule has 0 unspecified atom stereocenters. The van der Waals surface area contributed by atoms with E-state index in [-0.39, 0.29) is 6.61 Å². The van der Waals surface area contributed by atoms with Crippen molar-refractivity contribution in [2.24, 2.45) is 15.9 Å². The minimum atomic E-state index is -0.159. The third kappa shape index (κ3) is 2.30. The molecule has 8 heavy (non-hydrogen) atoms. The van der Waals surface area contributed by atoms with E-state index in [0.717, 1.165) is 0 Å². The van der Waals surface area contributed by atoms with Gasteiger partial charge < -0.3 is 10.9 Å². The second kappa shape index (κ2) is 4.26. The van der Waals surface area contributed by atoms with Gasteiger partial charge in [0.2, 0.25) is 0 Å². The van der Waals surface area contributed by atoms with E-state index < -0.39 is 0 Å². The Labute approximate surface area is 47.7 Å². The molecule has 0 aliphatic carbocycles. The monoisotopic (exact) mass is 115 g/mol. The van der Waals surface area contributed by atoms with Gasteiger partial charge in [-0.25, -0.2) is 0 Å². The Balaban J connectivity index is 3.72. The fraction of sp³-hybridized carbons (Fsp3) is 0.500. The van der Waals surface area contributed by atoms with Gasteiger partial charge in [-0.1, -0.05) is 0 Å². The zero-order valence-electron chi connectivity index (χ0n) is 4.70. The van der Waals surface area contributed by atoms with E-state index in [1.54, 1.807) is 7.05 Å². The summed E-state index contributed by atoms with van der Waals surface area (Å²) in [6, 6.07) is 0. The molecule has 3 N–H and O–H groups in total. The fourth-order valence-electron chi connectivity index (χ4n) is 0.264. The summed E-state index contributed by atoms with van der Waals surface area (Å²) in [6.45, 7) is -0.159. The topological polar surface area (TPSA) is 71.0 Å². The average molecular weight is 115 g/mol. The van der Waals surface area contributed by atoms with Crippen molar-refractivity contribution >= 4 is 11.9 Å². The number of hydrazone groups is 1. The van der Waals surface area contributed by atoms with Gasteiger partial charge in [0, 0.05) is 13.3 Å². The van der Waals surface area contributed by atoms with Gasteiger partial charge >= 0.3 is 0 Å². The predicted molar refractivity (Wildman–Crippen MR) is 33.1 cm³/mol. The van der Waals surface area contributed by atoms with Crippen LogP contribution in [0.3, 0.4) is 0 Å². The Morgan fingerprint density at radius 2 is 2.50 bits per heavy atom. The predicted octanol–water partition coefficient (Wildman–Crippen LogP) is -1.01. The van der Waals surface area contributed by atoms with Crippen molar-refractivity contribution < 1.29 is 5.11 Å². The molecule has 0 amide bonds. The van der Waals surface area contributed by atoms with E-state index in [1.165, 1.54) is 6.21 Å². The normalized spacial score (nSPS) is 13.0. The molecule has 0 saturated heterocycles. The first-order valence-electron chi connectivity index (χ1n) is 2.15. The van der Waals surface area contributed by atoms with Crippen LogP contribution in [0, 0.1) is 0 Å². The smallest absolute Gasteiger partial charge is 0.103 e. The van der Waals surface area contributed by atoms with Gasteiger partial charge in [-0.3, -0.25) is 4.99 Å². The number of hydrogen-bond donors (Lipinski definition) is 2. The van der Waals surface area contributed by atoms with Crippen molar-refractivity contribution in [1.29, 1.82) is 0 Å². The maximum atomic E-state index is 8.36. The number of rotatable bonds is 2. The minimum Gasteiger partial charge on any atom is -0.390 e. The van der Waals surface area contributed by atoms with Crippen LogP contribution >= 0.6 is 0 Å². The highest BCUT2D eigenvalue weighted by Gasteiger charge is 1.85. The minimum absolute atomic E-state index is 0.159. The van der Waals surface area contributed by atoms with Gasteiger partial charge in [0.1, 0.15) is 5.71 Å². The van der Waals surface area contributed by atoms with Crippen LogP contribution in [0.4, 0.5) is 0 Å². The molecule has 0 atom stereocenters. The Kier molecular flexibility index (Phi) is 3.78. The highest BCUT2D eigenvalue weighted by molar-refractivity contribution is 6.31. The molecule has 4 nitrogen and oxygen atoms in total. The summed E-state index contributed by atoms with van der Waals surface area (Å²) < 4.78 is 0. The highest BCUT2D eigenvalue weighted by atomic mass is 16.3. The number of aliphatic hydroxyl groups excluding tert-OH is 1. The molecular formula is C4H9N3O. The van der Waals surface area contributed by atoms with Gasteiger partial charge in [0.25, 0.3) is 0 Å². The second-order valence-corrected chi connectivity index (χ2v) is 1.17. The summed E-state index contributed by atoms with van der Waals surface area (Å²) >= 11 is 0.